The second kappa shape index (κ2) is 7.28. The molecular weight excluding hydrogens is 352 g/mol. The van der Waals surface area contributed by atoms with Gasteiger partial charge >= 0.3 is 0 Å². The normalized spacial score (nSPS) is 18.5. The van der Waals surface area contributed by atoms with Gasteiger partial charge < -0.3 is 10.0 Å². The summed E-state index contributed by atoms with van der Waals surface area (Å²) >= 11 is 5.84. The molecule has 0 saturated carbocycles. The molecule has 6 heteroatoms. The molecule has 0 unspecified atom stereocenters. The zero-order valence-corrected chi connectivity index (χ0v) is 14.7. The van der Waals surface area contributed by atoms with Crippen LogP contribution >= 0.6 is 11.6 Å². The number of benzene rings is 2. The van der Waals surface area contributed by atoms with Crippen molar-refractivity contribution in [2.75, 3.05) is 11.4 Å². The van der Waals surface area contributed by atoms with Crippen molar-refractivity contribution in [1.82, 2.24) is 0 Å². The third-order valence-corrected chi connectivity index (χ3v) is 4.74. The molecular formula is C20H17ClN2O3. The number of unbranched alkanes of at least 4 members (excludes halogenated alkanes) is 1. The third-order valence-electron chi connectivity index (χ3n) is 4.49. The summed E-state index contributed by atoms with van der Waals surface area (Å²) in [6, 6.07) is 15.3. The van der Waals surface area contributed by atoms with E-state index in [0.717, 1.165) is 0 Å². The minimum Gasteiger partial charge on any atom is -0.375 e. The number of anilines is 1. The Hall–Kier alpha value is -2.68. The molecule has 1 heterocycles. The van der Waals surface area contributed by atoms with Crippen molar-refractivity contribution in [2.24, 2.45) is 0 Å². The van der Waals surface area contributed by atoms with Gasteiger partial charge in [-0.05, 0) is 36.8 Å². The molecule has 1 aliphatic heterocycles. The third kappa shape index (κ3) is 3.22. The number of rotatable bonds is 6. The fourth-order valence-corrected chi connectivity index (χ4v) is 3.31. The number of hydrogen-bond donors (Lipinski definition) is 1. The molecule has 0 saturated heterocycles. The zero-order chi connectivity index (χ0) is 18.7. The van der Waals surface area contributed by atoms with Crippen molar-refractivity contribution < 1.29 is 14.7 Å². The van der Waals surface area contributed by atoms with Crippen molar-refractivity contribution in [1.29, 1.82) is 5.26 Å². The number of amides is 1. The highest BCUT2D eigenvalue weighted by Crippen LogP contribution is 2.42. The molecule has 3 rings (SSSR count). The second-order valence-electron chi connectivity index (χ2n) is 6.20. The Morgan fingerprint density at radius 1 is 1.19 bits per heavy atom. The number of ketones is 1. The Morgan fingerprint density at radius 2 is 1.88 bits per heavy atom. The van der Waals surface area contributed by atoms with Crippen LogP contribution in [0, 0.1) is 11.3 Å². The summed E-state index contributed by atoms with van der Waals surface area (Å²) in [6.07, 6.45) is 0.463. The zero-order valence-electron chi connectivity index (χ0n) is 14.0. The molecule has 0 fully saturated rings. The van der Waals surface area contributed by atoms with Gasteiger partial charge in [0, 0.05) is 29.1 Å². The molecule has 0 bridgehead atoms. The molecule has 5 nitrogen and oxygen atoms in total. The Labute approximate surface area is 156 Å². The highest BCUT2D eigenvalue weighted by Gasteiger charge is 2.50. The number of aliphatic hydroxyl groups is 1. The van der Waals surface area contributed by atoms with Crippen LogP contribution in [0.5, 0.6) is 0 Å². The van der Waals surface area contributed by atoms with Crippen molar-refractivity contribution in [3.8, 4) is 6.07 Å². The van der Waals surface area contributed by atoms with E-state index in [0.29, 0.717) is 41.2 Å². The Morgan fingerprint density at radius 3 is 2.58 bits per heavy atom. The lowest BCUT2D eigenvalue weighted by atomic mass is 9.88. The largest absolute Gasteiger partial charge is 0.375 e. The average molecular weight is 369 g/mol. The maximum Gasteiger partial charge on any atom is 0.264 e. The van der Waals surface area contributed by atoms with Crippen molar-refractivity contribution in [3.05, 3.63) is 64.7 Å². The standard InChI is InChI=1S/C20H17ClN2O3/c21-15-9-7-14(8-10-15)18(24)13-20(26)16-5-1-2-6-17(16)23(19(20)25)12-4-3-11-22/h1-2,5-10,26H,3-4,12-13H2/t20-/m1/s1. The highest BCUT2D eigenvalue weighted by molar-refractivity contribution is 6.30. The Balaban J connectivity index is 1.90. The number of nitriles is 1. The molecule has 0 aliphatic carbocycles. The minimum atomic E-state index is -1.90. The van der Waals surface area contributed by atoms with E-state index in [4.69, 9.17) is 16.9 Å². The SMILES string of the molecule is N#CCCCN1C(=O)[C@@](O)(CC(=O)c2ccc(Cl)cc2)c2ccccc21. The molecule has 26 heavy (non-hydrogen) atoms. The van der Waals surface area contributed by atoms with Gasteiger partial charge in [-0.1, -0.05) is 29.8 Å². The fourth-order valence-electron chi connectivity index (χ4n) is 3.19. The lowest BCUT2D eigenvalue weighted by Crippen LogP contribution is -2.42. The molecule has 2 aromatic carbocycles. The number of halogens is 1. The van der Waals surface area contributed by atoms with Crippen molar-refractivity contribution in [2.45, 2.75) is 24.9 Å². The fraction of sp³-hybridized carbons (Fsp3) is 0.250. The number of para-hydroxylation sites is 1. The predicted octanol–water partition coefficient (Wildman–Crippen LogP) is 3.45. The Kier molecular flexibility index (Phi) is 5.08. The first-order valence-corrected chi connectivity index (χ1v) is 8.65. The molecule has 1 N–H and O–H groups in total. The summed E-state index contributed by atoms with van der Waals surface area (Å²) < 4.78 is 0. The Bertz CT molecular complexity index is 889. The van der Waals surface area contributed by atoms with Gasteiger partial charge in [0.05, 0.1) is 18.2 Å². The van der Waals surface area contributed by atoms with Gasteiger partial charge in [-0.15, -0.1) is 0 Å². The van der Waals surface area contributed by atoms with Gasteiger partial charge in [0.15, 0.2) is 11.4 Å². The van der Waals surface area contributed by atoms with Gasteiger partial charge in [0.25, 0.3) is 5.91 Å². The van der Waals surface area contributed by atoms with Crippen LogP contribution in [0.25, 0.3) is 0 Å². The molecule has 0 aromatic heterocycles. The van der Waals surface area contributed by atoms with Gasteiger partial charge in [0.2, 0.25) is 0 Å². The molecule has 1 amide bonds. The number of hydrogen-bond acceptors (Lipinski definition) is 4. The number of Topliss-reactive ketones (excluding diaryl/α,β-unsaturated/α-hetero) is 1. The van der Waals surface area contributed by atoms with Gasteiger partial charge in [-0.25, -0.2) is 0 Å². The van der Waals surface area contributed by atoms with Crippen molar-refractivity contribution in [3.63, 3.8) is 0 Å². The molecule has 0 radical (unpaired) electrons. The van der Waals surface area contributed by atoms with Crippen LogP contribution in [0.1, 0.15) is 35.2 Å². The van der Waals surface area contributed by atoms with E-state index in [2.05, 4.69) is 0 Å². The summed E-state index contributed by atoms with van der Waals surface area (Å²) in [5.41, 5.74) is -0.512. The lowest BCUT2D eigenvalue weighted by molar-refractivity contribution is -0.135. The maximum atomic E-state index is 12.9. The summed E-state index contributed by atoms with van der Waals surface area (Å²) in [5, 5.41) is 20.3. The molecule has 1 atom stereocenters. The molecule has 0 spiro atoms. The topological polar surface area (TPSA) is 81.4 Å². The summed E-state index contributed by atoms with van der Waals surface area (Å²) in [5.74, 6) is -0.870. The van der Waals surface area contributed by atoms with E-state index in [1.54, 1.807) is 48.5 Å². The van der Waals surface area contributed by atoms with Crippen LogP contribution < -0.4 is 4.90 Å². The summed E-state index contributed by atoms with van der Waals surface area (Å²) in [6.45, 7) is 0.320. The van der Waals surface area contributed by atoms with E-state index in [1.165, 1.54) is 4.90 Å². The average Bonchev–Trinajstić information content (AvgIpc) is 2.84. The van der Waals surface area contributed by atoms with E-state index in [-0.39, 0.29) is 12.2 Å². The first-order chi connectivity index (χ1) is 12.5. The molecule has 132 valence electrons. The van der Waals surface area contributed by atoms with Crippen LogP contribution in [-0.4, -0.2) is 23.3 Å². The van der Waals surface area contributed by atoms with Gasteiger partial charge in [0.1, 0.15) is 0 Å². The van der Waals surface area contributed by atoms with E-state index in [1.807, 2.05) is 6.07 Å². The quantitative estimate of drug-likeness (QED) is 0.625. The first kappa shape index (κ1) is 18.1. The number of nitrogens with zero attached hydrogens (tertiary/aromatic N) is 2. The minimum absolute atomic E-state index is 0.314. The van der Waals surface area contributed by atoms with E-state index >= 15 is 0 Å². The van der Waals surface area contributed by atoms with Gasteiger partial charge in [-0.2, -0.15) is 5.26 Å². The maximum absolute atomic E-state index is 12.9. The lowest BCUT2D eigenvalue weighted by Gasteiger charge is -2.22. The number of carbonyl (C=O) groups is 2. The van der Waals surface area contributed by atoms with E-state index in [9.17, 15) is 14.7 Å². The predicted molar refractivity (Wildman–Crippen MR) is 97.9 cm³/mol. The van der Waals surface area contributed by atoms with Crippen LogP contribution in [0.4, 0.5) is 5.69 Å². The van der Waals surface area contributed by atoms with E-state index < -0.39 is 11.5 Å². The van der Waals surface area contributed by atoms with Crippen LogP contribution in [0.3, 0.4) is 0 Å². The summed E-state index contributed by atoms with van der Waals surface area (Å²) in [4.78, 5) is 27.0. The first-order valence-electron chi connectivity index (χ1n) is 8.27. The van der Waals surface area contributed by atoms with Crippen LogP contribution in [-0.2, 0) is 10.4 Å². The monoisotopic (exact) mass is 368 g/mol. The number of fused-ring (bicyclic) bond motifs is 1. The molecule has 1 aliphatic rings. The van der Waals surface area contributed by atoms with Gasteiger partial charge in [-0.3, -0.25) is 9.59 Å². The smallest absolute Gasteiger partial charge is 0.264 e. The van der Waals surface area contributed by atoms with Crippen molar-refractivity contribution >= 4 is 29.0 Å². The molecule has 2 aromatic rings. The summed E-state index contributed by atoms with van der Waals surface area (Å²) in [7, 11) is 0. The van der Waals surface area contributed by atoms with Crippen LogP contribution in [0.15, 0.2) is 48.5 Å². The second-order valence-corrected chi connectivity index (χ2v) is 6.64. The van der Waals surface area contributed by atoms with Crippen LogP contribution in [0.2, 0.25) is 5.02 Å². The number of carbonyl (C=O) groups excluding carboxylic acids is 2. The highest BCUT2D eigenvalue weighted by atomic mass is 35.5.